The summed E-state index contributed by atoms with van der Waals surface area (Å²) in [5, 5.41) is 1.69. The number of rotatable bonds is 19. The average Bonchev–Trinajstić information content (AvgIpc) is 3.88. The number of hydrogen-bond donors (Lipinski definition) is 2. The van der Waals surface area contributed by atoms with Crippen LogP contribution in [0.3, 0.4) is 0 Å². The van der Waals surface area contributed by atoms with Crippen molar-refractivity contribution in [2.45, 2.75) is 120 Å². The van der Waals surface area contributed by atoms with E-state index < -0.39 is 5.67 Å². The van der Waals surface area contributed by atoms with Gasteiger partial charge in [0.2, 0.25) is 5.90 Å². The van der Waals surface area contributed by atoms with Crippen molar-refractivity contribution in [3.63, 3.8) is 0 Å². The molecule has 0 aromatic rings. The summed E-state index contributed by atoms with van der Waals surface area (Å²) in [5.74, 6) is 7.80. The van der Waals surface area contributed by atoms with E-state index in [1.54, 1.807) is 31.1 Å². The van der Waals surface area contributed by atoms with Crippen LogP contribution in [0.1, 0.15) is 114 Å². The summed E-state index contributed by atoms with van der Waals surface area (Å²) >= 11 is 3.56. The molecule has 0 spiro atoms. The number of aliphatic imine (C=N–C) groups is 1. The number of ether oxygens (including phenoxy) is 1. The number of alkyl halides is 1. The van der Waals surface area contributed by atoms with Crippen molar-refractivity contribution in [1.29, 1.82) is 0 Å². The molecule has 0 saturated heterocycles. The first-order valence-corrected chi connectivity index (χ1v) is 17.9. The minimum absolute atomic E-state index is 0.376. The van der Waals surface area contributed by atoms with Gasteiger partial charge in [-0.2, -0.15) is 0 Å². The van der Waals surface area contributed by atoms with Crippen LogP contribution >= 0.6 is 15.9 Å². The van der Waals surface area contributed by atoms with Crippen molar-refractivity contribution >= 4 is 21.8 Å². The molecule has 6 nitrogen and oxygen atoms in total. The van der Waals surface area contributed by atoms with Gasteiger partial charge in [-0.15, -0.1) is 0 Å². The fourth-order valence-corrected chi connectivity index (χ4v) is 4.36. The van der Waals surface area contributed by atoms with Gasteiger partial charge in [0.1, 0.15) is 11.4 Å². The highest BCUT2D eigenvalue weighted by Gasteiger charge is 2.26. The summed E-state index contributed by atoms with van der Waals surface area (Å²) < 4.78 is 22.3. The van der Waals surface area contributed by atoms with Gasteiger partial charge in [-0.05, 0) is 108 Å². The van der Waals surface area contributed by atoms with E-state index in [0.717, 1.165) is 43.8 Å². The fourth-order valence-electron chi connectivity index (χ4n) is 4.14. The standard InChI is InChI=1S/C32H53BrFN5O.C4H8.C2H6/c1-8-18-37-31(25(5)24-38(19-9-2)22-17-32(7,34)23-27(10-3)11-4)40-29(30(33)26(6)35)13-12-20-39(36)21-16-28-14-15-28;1-3-4-2;1-2/h8,10,12-13,18,20,28H,5,9,11,14-17,19,21-24,35-36H2,1-4,6-7H3;3-4H,1-2H3;1-2H3/b18-8-,20-12+,27-10+,29-13+,30-26-,37-31?;4-3-;. The Labute approximate surface area is 291 Å². The lowest BCUT2D eigenvalue weighted by molar-refractivity contribution is 0.145. The zero-order valence-electron chi connectivity index (χ0n) is 30.8. The Hall–Kier alpha value is -2.42. The Bertz CT molecular complexity index is 1040. The van der Waals surface area contributed by atoms with Crippen LogP contribution in [0.4, 0.5) is 4.39 Å². The molecule has 0 aliphatic heterocycles. The van der Waals surface area contributed by atoms with Crippen molar-refractivity contribution in [2.75, 3.05) is 26.2 Å². The third-order valence-corrected chi connectivity index (χ3v) is 8.14. The Morgan fingerprint density at radius 2 is 1.72 bits per heavy atom. The van der Waals surface area contributed by atoms with Crippen LogP contribution in [0.25, 0.3) is 0 Å². The van der Waals surface area contributed by atoms with Crippen LogP contribution in [0.15, 0.2) is 87.5 Å². The molecule has 264 valence electrons. The molecular formula is C38H67BrFN5O. The molecule has 46 heavy (non-hydrogen) atoms. The van der Waals surface area contributed by atoms with Gasteiger partial charge in [0.25, 0.3) is 0 Å². The van der Waals surface area contributed by atoms with Crippen molar-refractivity contribution in [2.24, 2.45) is 22.5 Å². The van der Waals surface area contributed by atoms with E-state index in [9.17, 15) is 0 Å². The summed E-state index contributed by atoms with van der Waals surface area (Å²) in [4.78, 5) is 6.74. The predicted molar refractivity (Wildman–Crippen MR) is 205 cm³/mol. The minimum Gasteiger partial charge on any atom is -0.437 e. The van der Waals surface area contributed by atoms with Crippen molar-refractivity contribution < 1.29 is 9.13 Å². The molecule has 0 radical (unpaired) electrons. The number of hydrogen-bond acceptors (Lipinski definition) is 6. The number of nitrogens with zero attached hydrogens (tertiary/aromatic N) is 3. The van der Waals surface area contributed by atoms with Gasteiger partial charge in [-0.3, -0.25) is 4.90 Å². The lowest BCUT2D eigenvalue weighted by Gasteiger charge is -2.28. The molecule has 1 aliphatic rings. The molecule has 0 aromatic carbocycles. The van der Waals surface area contributed by atoms with E-state index >= 15 is 4.39 Å². The summed E-state index contributed by atoms with van der Waals surface area (Å²) in [7, 11) is 0. The summed E-state index contributed by atoms with van der Waals surface area (Å²) in [6.07, 6.45) is 21.4. The van der Waals surface area contributed by atoms with Gasteiger partial charge in [-0.25, -0.2) is 15.2 Å². The van der Waals surface area contributed by atoms with Crippen molar-refractivity contribution in [3.8, 4) is 0 Å². The summed E-state index contributed by atoms with van der Waals surface area (Å²) in [6, 6.07) is 0. The lowest BCUT2D eigenvalue weighted by atomic mass is 9.93. The molecule has 1 rings (SSSR count). The third-order valence-electron chi connectivity index (χ3n) is 7.13. The van der Waals surface area contributed by atoms with Crippen LogP contribution < -0.4 is 11.6 Å². The first kappa shape index (κ1) is 45.7. The van der Waals surface area contributed by atoms with Gasteiger partial charge < -0.3 is 15.5 Å². The topological polar surface area (TPSA) is 80.1 Å². The Morgan fingerprint density at radius 1 is 1.09 bits per heavy atom. The van der Waals surface area contributed by atoms with Crippen LogP contribution in [0.5, 0.6) is 0 Å². The van der Waals surface area contributed by atoms with E-state index in [2.05, 4.69) is 46.2 Å². The molecule has 1 atom stereocenters. The molecule has 1 saturated carbocycles. The molecule has 0 amide bonds. The molecule has 8 heteroatoms. The largest absolute Gasteiger partial charge is 0.437 e. The molecule has 1 unspecified atom stereocenters. The number of nitrogens with two attached hydrogens (primary N) is 2. The molecule has 0 aromatic heterocycles. The summed E-state index contributed by atoms with van der Waals surface area (Å²) in [6.45, 7) is 26.6. The van der Waals surface area contributed by atoms with Crippen LogP contribution in [-0.4, -0.2) is 47.7 Å². The first-order valence-electron chi connectivity index (χ1n) is 17.1. The third kappa shape index (κ3) is 23.0. The highest BCUT2D eigenvalue weighted by molar-refractivity contribution is 9.12. The van der Waals surface area contributed by atoms with Gasteiger partial charge >= 0.3 is 0 Å². The first-order chi connectivity index (χ1) is 21.9. The zero-order chi connectivity index (χ0) is 35.5. The highest BCUT2D eigenvalue weighted by atomic mass is 79.9. The van der Waals surface area contributed by atoms with Crippen LogP contribution in [0.2, 0.25) is 0 Å². The Morgan fingerprint density at radius 3 is 2.20 bits per heavy atom. The van der Waals surface area contributed by atoms with E-state index in [-0.39, 0.29) is 0 Å². The van der Waals surface area contributed by atoms with Crippen LogP contribution in [0, 0.1) is 5.92 Å². The second kappa shape index (κ2) is 27.7. The predicted octanol–water partition coefficient (Wildman–Crippen LogP) is 10.6. The van der Waals surface area contributed by atoms with E-state index in [1.165, 1.54) is 12.8 Å². The highest BCUT2D eigenvalue weighted by Crippen LogP contribution is 2.32. The van der Waals surface area contributed by atoms with Gasteiger partial charge in [0, 0.05) is 49.7 Å². The summed E-state index contributed by atoms with van der Waals surface area (Å²) in [5.41, 5.74) is 7.24. The van der Waals surface area contributed by atoms with E-state index in [0.29, 0.717) is 53.3 Å². The van der Waals surface area contributed by atoms with Crippen molar-refractivity contribution in [3.05, 3.63) is 82.5 Å². The van der Waals surface area contributed by atoms with E-state index in [4.69, 9.17) is 16.3 Å². The second-order valence-electron chi connectivity index (χ2n) is 11.5. The second-order valence-corrected chi connectivity index (χ2v) is 12.3. The fraction of sp³-hybridized carbons (Fsp3) is 0.605. The normalized spacial score (nSPS) is 16.2. The van der Waals surface area contributed by atoms with Crippen molar-refractivity contribution in [1.82, 2.24) is 9.91 Å². The van der Waals surface area contributed by atoms with Gasteiger partial charge in [0.15, 0.2) is 0 Å². The quantitative estimate of drug-likeness (QED) is 0.0266. The zero-order valence-corrected chi connectivity index (χ0v) is 32.4. The SMILES string of the molecule is C/C=C\C.C=C(CN(CCC)CCC(C)(F)C/C(=C/C)CC)C(=N/C=C\C)OC(=C/C=C/N(N)CCC1CC1)/C(Br)=C(\C)N.CC. The smallest absolute Gasteiger partial charge is 0.223 e. The van der Waals surface area contributed by atoms with Gasteiger partial charge in [0.05, 0.1) is 4.48 Å². The molecular weight excluding hydrogens is 641 g/mol. The lowest BCUT2D eigenvalue weighted by Crippen LogP contribution is -2.34. The maximum atomic E-state index is 15.4. The molecule has 0 heterocycles. The molecule has 0 bridgehead atoms. The monoisotopic (exact) mass is 707 g/mol. The number of hydrazine groups is 1. The Kier molecular flexibility index (Phi) is 27.5. The average molecular weight is 709 g/mol. The number of halogens is 2. The maximum absolute atomic E-state index is 15.4. The minimum atomic E-state index is -1.27. The molecule has 4 N–H and O–H groups in total. The maximum Gasteiger partial charge on any atom is 0.223 e. The van der Waals surface area contributed by atoms with Gasteiger partial charge in [-0.1, -0.05) is 77.0 Å². The van der Waals surface area contributed by atoms with Crippen LogP contribution in [-0.2, 0) is 4.74 Å². The Balaban J connectivity index is 0. The number of allylic oxidation sites excluding steroid dienone is 9. The molecule has 1 fully saturated rings. The molecule has 1 aliphatic carbocycles. The van der Waals surface area contributed by atoms with E-state index in [1.807, 2.05) is 78.1 Å².